The fourth-order valence-electron chi connectivity index (χ4n) is 2.68. The number of ether oxygens (including phenoxy) is 1. The first-order chi connectivity index (χ1) is 15.8. The highest BCUT2D eigenvalue weighted by Crippen LogP contribution is 2.17. The van der Waals surface area contributed by atoms with Crippen LogP contribution in [-0.2, 0) is 11.2 Å². The Morgan fingerprint density at radius 1 is 1.09 bits per heavy atom. The molecular formula is C24H29N5O4. The number of hydrogen-bond donors (Lipinski definition) is 3. The number of nitrogens with one attached hydrogen (secondary N) is 1. The average molecular weight is 452 g/mol. The van der Waals surface area contributed by atoms with Crippen molar-refractivity contribution < 1.29 is 19.4 Å². The van der Waals surface area contributed by atoms with E-state index >= 15 is 0 Å². The van der Waals surface area contributed by atoms with Gasteiger partial charge in [-0.3, -0.25) is 4.79 Å². The van der Waals surface area contributed by atoms with Crippen LogP contribution < -0.4 is 11.1 Å². The lowest BCUT2D eigenvalue weighted by molar-refractivity contribution is 0.0526. The Kier molecular flexibility index (Phi) is 9.79. The maximum Gasteiger partial charge on any atom is 0.343 e. The molecule has 0 aliphatic carbocycles. The zero-order chi connectivity index (χ0) is 24.2. The summed E-state index contributed by atoms with van der Waals surface area (Å²) in [7, 11) is 3.38. The molecule has 9 heteroatoms. The fourth-order valence-corrected chi connectivity index (χ4v) is 2.68. The molecular weight excluding hydrogens is 422 g/mol. The summed E-state index contributed by atoms with van der Waals surface area (Å²) in [6.45, 7) is 2.19. The molecule has 1 aromatic heterocycles. The van der Waals surface area contributed by atoms with E-state index in [0.29, 0.717) is 11.3 Å². The molecule has 0 fully saturated rings. The number of esters is 1. The number of carbonyl (C=O) groups is 2. The van der Waals surface area contributed by atoms with E-state index in [2.05, 4.69) is 15.3 Å². The topological polar surface area (TPSA) is 131 Å². The maximum absolute atomic E-state index is 11.8. The molecule has 0 saturated heterocycles. The summed E-state index contributed by atoms with van der Waals surface area (Å²) in [5.41, 5.74) is 8.34. The van der Waals surface area contributed by atoms with Crippen LogP contribution in [0.3, 0.4) is 0 Å². The van der Waals surface area contributed by atoms with E-state index in [1.54, 1.807) is 45.3 Å². The minimum absolute atomic E-state index is 0.0327. The molecule has 9 nitrogen and oxygen atoms in total. The third-order valence-electron chi connectivity index (χ3n) is 4.35. The summed E-state index contributed by atoms with van der Waals surface area (Å²) in [4.78, 5) is 33.1. The number of aliphatic hydroxyl groups is 1. The lowest BCUT2D eigenvalue weighted by Crippen LogP contribution is -2.21. The maximum atomic E-state index is 11.8. The quantitative estimate of drug-likeness (QED) is 0.468. The first-order valence-electron chi connectivity index (χ1n) is 10.4. The Hall–Kier alpha value is -3.98. The molecule has 174 valence electrons. The Balaban J connectivity index is 0.000000357. The van der Waals surface area contributed by atoms with Crippen molar-refractivity contribution in [1.29, 1.82) is 0 Å². The first kappa shape index (κ1) is 25.3. The number of nitrogens with zero attached hydrogens (tertiary/aromatic N) is 3. The molecule has 4 N–H and O–H groups in total. The molecule has 0 bridgehead atoms. The number of aliphatic hydroxyl groups excluding tert-OH is 1. The van der Waals surface area contributed by atoms with Crippen molar-refractivity contribution >= 4 is 29.3 Å². The van der Waals surface area contributed by atoms with E-state index in [1.165, 1.54) is 16.7 Å². The van der Waals surface area contributed by atoms with Gasteiger partial charge in [-0.15, -0.1) is 0 Å². The molecule has 0 atom stereocenters. The van der Waals surface area contributed by atoms with E-state index in [9.17, 15) is 9.59 Å². The van der Waals surface area contributed by atoms with Crippen LogP contribution in [0, 0.1) is 0 Å². The van der Waals surface area contributed by atoms with Crippen LogP contribution in [0.5, 0.6) is 0 Å². The Morgan fingerprint density at radius 3 is 2.30 bits per heavy atom. The Bertz CT molecular complexity index is 1040. The number of aromatic nitrogens is 2. The number of nitrogens with two attached hydrogens (primary N) is 1. The Morgan fingerprint density at radius 2 is 1.76 bits per heavy atom. The standard InChI is InChI=1S/C16H19N5O3.C8H10O/c1-4-24-15(23)12-9-18-16(20-13(12)17)19-11-7-5-10(6-8-11)14(22)21(2)3;9-7-6-8-4-2-1-3-5-8/h5-9H,4H2,1-3H3,(H3,17,18,19,20);1-5,9H,6-7H2. The number of carbonyl (C=O) groups excluding carboxylic acids is 2. The second-order valence-electron chi connectivity index (χ2n) is 7.07. The average Bonchev–Trinajstić information content (AvgIpc) is 2.80. The lowest BCUT2D eigenvalue weighted by atomic mass is 10.2. The summed E-state index contributed by atoms with van der Waals surface area (Å²) in [5, 5.41) is 11.5. The van der Waals surface area contributed by atoms with Crippen LogP contribution >= 0.6 is 0 Å². The smallest absolute Gasteiger partial charge is 0.343 e. The third kappa shape index (κ3) is 7.89. The SMILES string of the molecule is CCOC(=O)c1cnc(Nc2ccc(C(=O)N(C)C)cc2)nc1N.OCCc1ccccc1. The largest absolute Gasteiger partial charge is 0.462 e. The number of amides is 1. The molecule has 0 unspecified atom stereocenters. The van der Waals surface area contributed by atoms with E-state index in [-0.39, 0.29) is 36.5 Å². The van der Waals surface area contributed by atoms with Gasteiger partial charge in [0.2, 0.25) is 5.95 Å². The van der Waals surface area contributed by atoms with Gasteiger partial charge in [-0.25, -0.2) is 9.78 Å². The van der Waals surface area contributed by atoms with Crippen LogP contribution in [0.1, 0.15) is 33.2 Å². The highest BCUT2D eigenvalue weighted by atomic mass is 16.5. The molecule has 3 aromatic rings. The highest BCUT2D eigenvalue weighted by Gasteiger charge is 2.14. The van der Waals surface area contributed by atoms with Crippen LogP contribution in [0.4, 0.5) is 17.5 Å². The normalized spacial score (nSPS) is 9.94. The number of hydrogen-bond acceptors (Lipinski definition) is 8. The minimum Gasteiger partial charge on any atom is -0.462 e. The van der Waals surface area contributed by atoms with E-state index in [4.69, 9.17) is 15.6 Å². The van der Waals surface area contributed by atoms with Crippen molar-refractivity contribution in [3.05, 3.63) is 77.5 Å². The van der Waals surface area contributed by atoms with Crippen molar-refractivity contribution in [3.8, 4) is 0 Å². The highest BCUT2D eigenvalue weighted by molar-refractivity contribution is 5.94. The lowest BCUT2D eigenvalue weighted by Gasteiger charge is -2.11. The van der Waals surface area contributed by atoms with Gasteiger partial charge in [0.05, 0.1) is 6.61 Å². The molecule has 1 heterocycles. The van der Waals surface area contributed by atoms with E-state index in [0.717, 1.165) is 6.42 Å². The van der Waals surface area contributed by atoms with Crippen LogP contribution in [0.2, 0.25) is 0 Å². The van der Waals surface area contributed by atoms with Crippen molar-refractivity contribution in [3.63, 3.8) is 0 Å². The van der Waals surface area contributed by atoms with Crippen molar-refractivity contribution in [2.45, 2.75) is 13.3 Å². The molecule has 1 amide bonds. The Labute approximate surface area is 193 Å². The summed E-state index contributed by atoms with van der Waals surface area (Å²) in [6, 6.07) is 16.8. The molecule has 0 aliphatic heterocycles. The zero-order valence-corrected chi connectivity index (χ0v) is 19.0. The van der Waals surface area contributed by atoms with Crippen molar-refractivity contribution in [2.75, 3.05) is 38.4 Å². The van der Waals surface area contributed by atoms with Gasteiger partial charge in [0.15, 0.2) is 0 Å². The summed E-state index contributed by atoms with van der Waals surface area (Å²) in [5.74, 6) is -0.369. The van der Waals surface area contributed by atoms with E-state index in [1.807, 2.05) is 30.3 Å². The van der Waals surface area contributed by atoms with Gasteiger partial charge in [-0.05, 0) is 43.2 Å². The second-order valence-corrected chi connectivity index (χ2v) is 7.07. The van der Waals surface area contributed by atoms with Crippen LogP contribution in [-0.4, -0.2) is 59.2 Å². The number of nitrogen functional groups attached to an aromatic ring is 1. The van der Waals surface area contributed by atoms with Gasteiger partial charge in [0.1, 0.15) is 11.4 Å². The number of rotatable bonds is 7. The summed E-state index contributed by atoms with van der Waals surface area (Å²) >= 11 is 0. The van der Waals surface area contributed by atoms with Gasteiger partial charge in [0, 0.05) is 38.1 Å². The molecule has 0 radical (unpaired) electrons. The molecule has 0 saturated carbocycles. The fraction of sp³-hybridized carbons (Fsp3) is 0.250. The van der Waals surface area contributed by atoms with E-state index < -0.39 is 5.97 Å². The number of anilines is 3. The predicted octanol–water partition coefficient (Wildman–Crippen LogP) is 2.90. The van der Waals surface area contributed by atoms with Crippen molar-refractivity contribution in [2.24, 2.45) is 0 Å². The van der Waals surface area contributed by atoms with Crippen LogP contribution in [0.15, 0.2) is 60.8 Å². The van der Waals surface area contributed by atoms with Gasteiger partial charge < -0.3 is 25.8 Å². The van der Waals surface area contributed by atoms with Crippen LogP contribution in [0.25, 0.3) is 0 Å². The summed E-state index contributed by atoms with van der Waals surface area (Å²) in [6.07, 6.45) is 2.08. The van der Waals surface area contributed by atoms with Gasteiger partial charge in [-0.2, -0.15) is 4.98 Å². The molecule has 33 heavy (non-hydrogen) atoms. The van der Waals surface area contributed by atoms with Gasteiger partial charge in [-0.1, -0.05) is 30.3 Å². The predicted molar refractivity (Wildman–Crippen MR) is 127 cm³/mol. The van der Waals surface area contributed by atoms with Crippen molar-refractivity contribution in [1.82, 2.24) is 14.9 Å². The first-order valence-corrected chi connectivity index (χ1v) is 10.4. The monoisotopic (exact) mass is 451 g/mol. The van der Waals surface area contributed by atoms with Gasteiger partial charge >= 0.3 is 5.97 Å². The molecule has 0 aliphatic rings. The number of benzene rings is 2. The zero-order valence-electron chi connectivity index (χ0n) is 19.0. The van der Waals surface area contributed by atoms with Gasteiger partial charge in [0.25, 0.3) is 5.91 Å². The second kappa shape index (κ2) is 12.8. The molecule has 0 spiro atoms. The third-order valence-corrected chi connectivity index (χ3v) is 4.35. The molecule has 3 rings (SSSR count). The minimum atomic E-state index is -0.562. The summed E-state index contributed by atoms with van der Waals surface area (Å²) < 4.78 is 4.87. The molecule has 2 aromatic carbocycles.